The summed E-state index contributed by atoms with van der Waals surface area (Å²) < 4.78 is 0.965. The molecule has 3 nitrogen and oxygen atoms in total. The fourth-order valence-electron chi connectivity index (χ4n) is 1.83. The van der Waals surface area contributed by atoms with E-state index in [2.05, 4.69) is 30.9 Å². The maximum absolute atomic E-state index is 5.92. The minimum Gasteiger partial charge on any atom is -0.255 e. The largest absolute Gasteiger partial charge is 0.255 e. The van der Waals surface area contributed by atoms with Crippen LogP contribution in [-0.2, 0) is 0 Å². The van der Waals surface area contributed by atoms with E-state index in [0.717, 1.165) is 20.9 Å². The molecule has 0 unspecified atom stereocenters. The summed E-state index contributed by atoms with van der Waals surface area (Å²) in [6, 6.07) is 9.17. The molecule has 0 spiro atoms. The lowest BCUT2D eigenvalue weighted by molar-refractivity contribution is 1.18. The van der Waals surface area contributed by atoms with Crippen molar-refractivity contribution in [2.45, 2.75) is 0 Å². The van der Waals surface area contributed by atoms with Crippen LogP contribution in [0.15, 0.2) is 41.0 Å². The van der Waals surface area contributed by atoms with Gasteiger partial charge in [-0.2, -0.15) is 0 Å². The van der Waals surface area contributed by atoms with Gasteiger partial charge >= 0.3 is 0 Å². The molecule has 0 saturated carbocycles. The fourth-order valence-corrected chi connectivity index (χ4v) is 2.70. The van der Waals surface area contributed by atoms with Gasteiger partial charge in [0.1, 0.15) is 10.3 Å². The molecular formula is C13H6BrCl2N3. The second-order valence-electron chi connectivity index (χ2n) is 3.83. The number of nitrogens with zero attached hydrogens (tertiary/aromatic N) is 3. The van der Waals surface area contributed by atoms with E-state index in [1.807, 2.05) is 24.3 Å². The van der Waals surface area contributed by atoms with Gasteiger partial charge in [0.05, 0.1) is 5.52 Å². The Morgan fingerprint density at radius 2 is 1.74 bits per heavy atom. The average Bonchev–Trinajstić information content (AvgIpc) is 2.38. The van der Waals surface area contributed by atoms with Crippen LogP contribution in [0.1, 0.15) is 0 Å². The maximum Gasteiger partial charge on any atom is 0.164 e. The molecule has 0 saturated heterocycles. The number of halogens is 3. The van der Waals surface area contributed by atoms with Crippen LogP contribution in [0.5, 0.6) is 0 Å². The van der Waals surface area contributed by atoms with Crippen molar-refractivity contribution in [3.8, 4) is 11.4 Å². The molecule has 0 aliphatic rings. The summed E-state index contributed by atoms with van der Waals surface area (Å²) in [5.41, 5.74) is 1.60. The second kappa shape index (κ2) is 5.04. The molecule has 6 heteroatoms. The molecule has 2 aromatic heterocycles. The topological polar surface area (TPSA) is 38.7 Å². The van der Waals surface area contributed by atoms with Gasteiger partial charge in [-0.1, -0.05) is 45.2 Å². The smallest absolute Gasteiger partial charge is 0.164 e. The van der Waals surface area contributed by atoms with Crippen LogP contribution in [0.3, 0.4) is 0 Å². The third-order valence-electron chi connectivity index (χ3n) is 2.62. The van der Waals surface area contributed by atoms with Gasteiger partial charge in [0.2, 0.25) is 0 Å². The van der Waals surface area contributed by atoms with Crippen LogP contribution in [0, 0.1) is 0 Å². The van der Waals surface area contributed by atoms with Crippen LogP contribution < -0.4 is 0 Å². The molecule has 3 rings (SSSR count). The summed E-state index contributed by atoms with van der Waals surface area (Å²) in [5, 5.41) is 1.60. The van der Waals surface area contributed by atoms with Gasteiger partial charge in [0, 0.05) is 27.7 Å². The number of rotatable bonds is 1. The first-order valence-corrected chi connectivity index (χ1v) is 6.94. The minimum absolute atomic E-state index is 0.307. The Labute approximate surface area is 127 Å². The third kappa shape index (κ3) is 2.43. The van der Waals surface area contributed by atoms with Crippen LogP contribution in [-0.4, -0.2) is 15.0 Å². The number of pyridine rings is 1. The van der Waals surface area contributed by atoms with Crippen molar-refractivity contribution < 1.29 is 0 Å². The van der Waals surface area contributed by atoms with E-state index in [9.17, 15) is 0 Å². The average molecular weight is 355 g/mol. The Kier molecular flexibility index (Phi) is 3.39. The van der Waals surface area contributed by atoms with Crippen LogP contribution in [0.25, 0.3) is 22.3 Å². The molecule has 0 N–H and O–H groups in total. The molecule has 0 fully saturated rings. The molecule has 3 aromatic rings. The Hall–Kier alpha value is -1.23. The summed E-state index contributed by atoms with van der Waals surface area (Å²) in [4.78, 5) is 12.8. The number of hydrogen-bond acceptors (Lipinski definition) is 3. The predicted octanol–water partition coefficient (Wildman–Crippen LogP) is 4.76. The van der Waals surface area contributed by atoms with E-state index >= 15 is 0 Å². The fraction of sp³-hybridized carbons (Fsp3) is 0. The van der Waals surface area contributed by atoms with Crippen LogP contribution in [0.2, 0.25) is 10.3 Å². The van der Waals surface area contributed by atoms with Gasteiger partial charge in [-0.25, -0.2) is 9.97 Å². The zero-order valence-corrected chi connectivity index (χ0v) is 12.5. The zero-order valence-electron chi connectivity index (χ0n) is 9.44. The van der Waals surface area contributed by atoms with E-state index in [4.69, 9.17) is 23.2 Å². The van der Waals surface area contributed by atoms with Crippen LogP contribution in [0.4, 0.5) is 0 Å². The zero-order chi connectivity index (χ0) is 13.4. The van der Waals surface area contributed by atoms with Crippen LogP contribution >= 0.6 is 39.1 Å². The quantitative estimate of drug-likeness (QED) is 0.591. The number of hydrogen-bond donors (Lipinski definition) is 0. The van der Waals surface area contributed by atoms with Gasteiger partial charge in [0.25, 0.3) is 0 Å². The SMILES string of the molecule is Clc1cc(Cl)nc(-c2ccc(Br)c3cccnc23)n1. The Morgan fingerprint density at radius 3 is 2.47 bits per heavy atom. The normalized spacial score (nSPS) is 10.9. The number of benzene rings is 1. The molecule has 1 aromatic carbocycles. The van der Waals surface area contributed by atoms with Crippen molar-refractivity contribution in [1.82, 2.24) is 15.0 Å². The van der Waals surface area contributed by atoms with Gasteiger partial charge in [-0.05, 0) is 18.2 Å². The summed E-state index contributed by atoms with van der Waals surface area (Å²) in [5.74, 6) is 0.466. The molecule has 0 atom stereocenters. The van der Waals surface area contributed by atoms with Crippen molar-refractivity contribution >= 4 is 50.0 Å². The van der Waals surface area contributed by atoms with Crippen molar-refractivity contribution in [1.29, 1.82) is 0 Å². The van der Waals surface area contributed by atoms with Gasteiger partial charge in [-0.15, -0.1) is 0 Å². The third-order valence-corrected chi connectivity index (χ3v) is 3.70. The van der Waals surface area contributed by atoms with Crippen molar-refractivity contribution in [3.63, 3.8) is 0 Å². The van der Waals surface area contributed by atoms with E-state index in [-0.39, 0.29) is 0 Å². The maximum atomic E-state index is 5.92. The standard InChI is InChI=1S/C13H6BrCl2N3/c14-9-4-3-8(12-7(9)2-1-5-17-12)13-18-10(15)6-11(16)19-13/h1-6H. The lowest BCUT2D eigenvalue weighted by Crippen LogP contribution is -1.93. The number of aromatic nitrogens is 3. The molecule has 2 heterocycles. The summed E-state index contributed by atoms with van der Waals surface area (Å²) >= 11 is 15.3. The van der Waals surface area contributed by atoms with Gasteiger partial charge in [-0.3, -0.25) is 4.98 Å². The highest BCUT2D eigenvalue weighted by Crippen LogP contribution is 2.31. The Balaban J connectivity index is 2.34. The first kappa shape index (κ1) is 12.8. The van der Waals surface area contributed by atoms with E-state index in [0.29, 0.717) is 16.1 Å². The van der Waals surface area contributed by atoms with Gasteiger partial charge in [0.15, 0.2) is 5.82 Å². The van der Waals surface area contributed by atoms with E-state index in [1.165, 1.54) is 6.07 Å². The van der Waals surface area contributed by atoms with E-state index < -0.39 is 0 Å². The number of fused-ring (bicyclic) bond motifs is 1. The Bertz CT molecular complexity index is 757. The van der Waals surface area contributed by atoms with Crippen molar-refractivity contribution in [3.05, 3.63) is 51.3 Å². The van der Waals surface area contributed by atoms with Crippen molar-refractivity contribution in [2.24, 2.45) is 0 Å². The first-order valence-electron chi connectivity index (χ1n) is 5.39. The monoisotopic (exact) mass is 353 g/mol. The predicted molar refractivity (Wildman–Crippen MR) is 80.5 cm³/mol. The molecule has 0 amide bonds. The lowest BCUT2D eigenvalue weighted by Gasteiger charge is -2.06. The Morgan fingerprint density at radius 1 is 1.00 bits per heavy atom. The molecular weight excluding hydrogens is 349 g/mol. The minimum atomic E-state index is 0.307. The summed E-state index contributed by atoms with van der Waals surface area (Å²) in [6.07, 6.45) is 1.73. The highest BCUT2D eigenvalue weighted by atomic mass is 79.9. The second-order valence-corrected chi connectivity index (χ2v) is 5.46. The molecule has 0 aliphatic carbocycles. The highest BCUT2D eigenvalue weighted by molar-refractivity contribution is 9.10. The summed E-state index contributed by atoms with van der Waals surface area (Å²) in [7, 11) is 0. The van der Waals surface area contributed by atoms with Gasteiger partial charge < -0.3 is 0 Å². The summed E-state index contributed by atoms with van der Waals surface area (Å²) in [6.45, 7) is 0. The molecule has 19 heavy (non-hydrogen) atoms. The lowest BCUT2D eigenvalue weighted by atomic mass is 10.1. The molecule has 0 radical (unpaired) electrons. The van der Waals surface area contributed by atoms with E-state index in [1.54, 1.807) is 6.20 Å². The van der Waals surface area contributed by atoms with Crippen molar-refractivity contribution in [2.75, 3.05) is 0 Å². The highest BCUT2D eigenvalue weighted by Gasteiger charge is 2.11. The molecule has 0 bridgehead atoms. The molecule has 0 aliphatic heterocycles. The first-order chi connectivity index (χ1) is 9.15. The molecule has 94 valence electrons.